The number of ether oxygens (including phenoxy) is 1. The Morgan fingerprint density at radius 3 is 2.20 bits per heavy atom. The number of hydrogen-bond acceptors (Lipinski definition) is 4. The molecular formula is C11H6F5N3O. The molecule has 1 aromatic carbocycles. The smallest absolute Gasteiger partial charge is 0.433 e. The lowest BCUT2D eigenvalue weighted by Crippen LogP contribution is -2.11. The topological polar surface area (TPSA) is 61.0 Å². The van der Waals surface area contributed by atoms with Gasteiger partial charge < -0.3 is 10.5 Å². The Balaban J connectivity index is 2.42. The molecule has 0 unspecified atom stereocenters. The maximum atomic E-state index is 13.3. The summed E-state index contributed by atoms with van der Waals surface area (Å²) in [4.78, 5) is 6.30. The van der Waals surface area contributed by atoms with Crippen LogP contribution < -0.4 is 10.5 Å². The van der Waals surface area contributed by atoms with E-state index in [9.17, 15) is 22.0 Å². The van der Waals surface area contributed by atoms with Crippen LogP contribution in [0.2, 0.25) is 0 Å². The normalized spacial score (nSPS) is 11.4. The molecule has 0 aliphatic carbocycles. The maximum absolute atomic E-state index is 13.3. The fourth-order valence-electron chi connectivity index (χ4n) is 1.32. The van der Waals surface area contributed by atoms with Crippen molar-refractivity contribution in [2.75, 3.05) is 5.73 Å². The van der Waals surface area contributed by atoms with Crippen molar-refractivity contribution in [3.05, 3.63) is 41.6 Å². The van der Waals surface area contributed by atoms with Gasteiger partial charge in [-0.2, -0.15) is 18.2 Å². The van der Waals surface area contributed by atoms with E-state index in [0.717, 1.165) is 18.2 Å². The molecule has 0 aliphatic heterocycles. The zero-order chi connectivity index (χ0) is 14.9. The number of rotatable bonds is 2. The van der Waals surface area contributed by atoms with Crippen LogP contribution in [0.25, 0.3) is 0 Å². The number of aromatic nitrogens is 2. The number of hydrogen-bond donors (Lipinski definition) is 1. The number of anilines is 1. The lowest BCUT2D eigenvalue weighted by atomic mass is 10.3. The summed E-state index contributed by atoms with van der Waals surface area (Å²) in [6.07, 6.45) is -4.79. The first kappa shape index (κ1) is 14.0. The third-order valence-corrected chi connectivity index (χ3v) is 2.14. The summed E-state index contributed by atoms with van der Waals surface area (Å²) in [7, 11) is 0. The van der Waals surface area contributed by atoms with Gasteiger partial charge in [-0.1, -0.05) is 6.07 Å². The fourth-order valence-corrected chi connectivity index (χ4v) is 1.32. The number of alkyl halides is 3. The van der Waals surface area contributed by atoms with Crippen molar-refractivity contribution in [3.63, 3.8) is 0 Å². The highest BCUT2D eigenvalue weighted by molar-refractivity contribution is 5.33. The zero-order valence-electron chi connectivity index (χ0n) is 9.58. The van der Waals surface area contributed by atoms with Crippen molar-refractivity contribution in [2.45, 2.75) is 6.18 Å². The summed E-state index contributed by atoms with van der Waals surface area (Å²) in [6, 6.07) is 3.23. The van der Waals surface area contributed by atoms with Gasteiger partial charge in [-0.05, 0) is 12.1 Å². The number of nitrogen functional groups attached to an aromatic ring is 1. The van der Waals surface area contributed by atoms with Crippen molar-refractivity contribution >= 4 is 5.95 Å². The Morgan fingerprint density at radius 1 is 1.05 bits per heavy atom. The lowest BCUT2D eigenvalue weighted by Gasteiger charge is -2.10. The third-order valence-electron chi connectivity index (χ3n) is 2.14. The van der Waals surface area contributed by atoms with Crippen LogP contribution in [-0.2, 0) is 6.18 Å². The van der Waals surface area contributed by atoms with E-state index in [2.05, 4.69) is 14.7 Å². The van der Waals surface area contributed by atoms with E-state index >= 15 is 0 Å². The summed E-state index contributed by atoms with van der Waals surface area (Å²) in [5, 5.41) is 0. The van der Waals surface area contributed by atoms with Crippen molar-refractivity contribution in [2.24, 2.45) is 0 Å². The van der Waals surface area contributed by atoms with E-state index in [4.69, 9.17) is 5.73 Å². The number of benzene rings is 1. The summed E-state index contributed by atoms with van der Waals surface area (Å²) < 4.78 is 68.8. The molecular weight excluding hydrogens is 285 g/mol. The van der Waals surface area contributed by atoms with E-state index in [-0.39, 0.29) is 0 Å². The highest BCUT2D eigenvalue weighted by Crippen LogP contribution is 2.32. The molecule has 0 saturated carbocycles. The van der Waals surface area contributed by atoms with Gasteiger partial charge >= 0.3 is 6.18 Å². The number of nitrogens with zero attached hydrogens (tertiary/aromatic N) is 2. The van der Waals surface area contributed by atoms with E-state index < -0.39 is 41.1 Å². The first-order valence-electron chi connectivity index (χ1n) is 5.11. The van der Waals surface area contributed by atoms with Crippen LogP contribution in [0.1, 0.15) is 5.69 Å². The van der Waals surface area contributed by atoms with Crippen LogP contribution >= 0.6 is 0 Å². The van der Waals surface area contributed by atoms with Crippen molar-refractivity contribution in [3.8, 4) is 11.6 Å². The molecule has 4 nitrogen and oxygen atoms in total. The van der Waals surface area contributed by atoms with Gasteiger partial charge in [0.25, 0.3) is 0 Å². The van der Waals surface area contributed by atoms with Crippen molar-refractivity contribution in [1.82, 2.24) is 9.97 Å². The van der Waals surface area contributed by atoms with E-state index in [1.807, 2.05) is 0 Å². The Kier molecular flexibility index (Phi) is 3.43. The Labute approximate surface area is 109 Å². The molecule has 0 saturated heterocycles. The SMILES string of the molecule is Nc1nc(Oc2c(F)cccc2F)cc(C(F)(F)F)n1. The fraction of sp³-hybridized carbons (Fsp3) is 0.0909. The molecule has 1 heterocycles. The van der Waals surface area contributed by atoms with E-state index in [1.165, 1.54) is 0 Å². The minimum Gasteiger partial charge on any atom is -0.433 e. The minimum atomic E-state index is -4.79. The van der Waals surface area contributed by atoms with Crippen molar-refractivity contribution < 1.29 is 26.7 Å². The molecule has 2 N–H and O–H groups in total. The highest BCUT2D eigenvalue weighted by atomic mass is 19.4. The Bertz CT molecular complexity index is 624. The largest absolute Gasteiger partial charge is 0.433 e. The van der Waals surface area contributed by atoms with Gasteiger partial charge in [-0.3, -0.25) is 0 Å². The van der Waals surface area contributed by atoms with Gasteiger partial charge in [0.1, 0.15) is 0 Å². The van der Waals surface area contributed by atoms with E-state index in [0.29, 0.717) is 6.07 Å². The monoisotopic (exact) mass is 291 g/mol. The van der Waals surface area contributed by atoms with Crippen LogP contribution in [0.5, 0.6) is 11.6 Å². The standard InChI is InChI=1S/C11H6F5N3O/c12-5-2-1-3-6(13)9(5)20-8-4-7(11(14,15)16)18-10(17)19-8/h1-4H,(H2,17,18,19). The molecule has 0 fully saturated rings. The van der Waals surface area contributed by atoms with Gasteiger partial charge in [0.05, 0.1) is 0 Å². The second kappa shape index (κ2) is 4.91. The molecule has 20 heavy (non-hydrogen) atoms. The summed E-state index contributed by atoms with van der Waals surface area (Å²) in [5.74, 6) is -4.49. The molecule has 0 spiro atoms. The van der Waals surface area contributed by atoms with E-state index in [1.54, 1.807) is 0 Å². The molecule has 1 aromatic heterocycles. The van der Waals surface area contributed by atoms with Crippen LogP contribution in [0, 0.1) is 11.6 Å². The summed E-state index contributed by atoms with van der Waals surface area (Å²) >= 11 is 0. The molecule has 0 atom stereocenters. The molecule has 2 rings (SSSR count). The minimum absolute atomic E-state index is 0.391. The first-order valence-corrected chi connectivity index (χ1v) is 5.11. The average molecular weight is 291 g/mol. The second-order valence-electron chi connectivity index (χ2n) is 3.60. The molecule has 0 aliphatic rings. The van der Waals surface area contributed by atoms with Crippen LogP contribution in [-0.4, -0.2) is 9.97 Å². The average Bonchev–Trinajstić information content (AvgIpc) is 2.32. The van der Waals surface area contributed by atoms with Gasteiger partial charge in [0.15, 0.2) is 17.3 Å². The molecule has 0 amide bonds. The number of para-hydroxylation sites is 1. The quantitative estimate of drug-likeness (QED) is 0.863. The molecule has 2 aromatic rings. The number of halogens is 5. The van der Waals surface area contributed by atoms with Gasteiger partial charge in [0.2, 0.25) is 17.6 Å². The van der Waals surface area contributed by atoms with Crippen LogP contribution in [0.15, 0.2) is 24.3 Å². The maximum Gasteiger partial charge on any atom is 0.433 e. The Morgan fingerprint density at radius 2 is 1.65 bits per heavy atom. The third kappa shape index (κ3) is 2.92. The summed E-state index contributed by atoms with van der Waals surface area (Å²) in [5.41, 5.74) is 3.72. The molecule has 0 bridgehead atoms. The molecule has 9 heteroatoms. The van der Waals surface area contributed by atoms with Crippen LogP contribution in [0.3, 0.4) is 0 Å². The summed E-state index contributed by atoms with van der Waals surface area (Å²) in [6.45, 7) is 0. The predicted octanol–water partition coefficient (Wildman–Crippen LogP) is 3.15. The first-order chi connectivity index (χ1) is 9.27. The van der Waals surface area contributed by atoms with Crippen LogP contribution in [0.4, 0.5) is 27.9 Å². The van der Waals surface area contributed by atoms with Gasteiger partial charge in [-0.25, -0.2) is 13.8 Å². The predicted molar refractivity (Wildman–Crippen MR) is 57.9 cm³/mol. The molecule has 0 radical (unpaired) electrons. The highest BCUT2D eigenvalue weighted by Gasteiger charge is 2.34. The van der Waals surface area contributed by atoms with Crippen molar-refractivity contribution in [1.29, 1.82) is 0 Å². The lowest BCUT2D eigenvalue weighted by molar-refractivity contribution is -0.141. The number of nitrogens with two attached hydrogens (primary N) is 1. The van der Waals surface area contributed by atoms with Gasteiger partial charge in [-0.15, -0.1) is 0 Å². The Hall–Kier alpha value is -2.45. The van der Waals surface area contributed by atoms with Gasteiger partial charge in [0, 0.05) is 6.07 Å². The second-order valence-corrected chi connectivity index (χ2v) is 3.60. The molecule has 106 valence electrons. The zero-order valence-corrected chi connectivity index (χ0v) is 9.58.